The molecule has 0 N–H and O–H groups in total. The van der Waals surface area contributed by atoms with E-state index in [0.29, 0.717) is 37.8 Å². The number of nitrogens with zero attached hydrogens (tertiary/aromatic N) is 3. The van der Waals surface area contributed by atoms with Gasteiger partial charge >= 0.3 is 0 Å². The van der Waals surface area contributed by atoms with Crippen LogP contribution in [0.5, 0.6) is 11.5 Å². The number of likely N-dealkylation sites (N-methyl/N-ethyl adjacent to an activating group) is 1. The van der Waals surface area contributed by atoms with E-state index in [1.807, 2.05) is 30.1 Å². The van der Waals surface area contributed by atoms with Gasteiger partial charge in [-0.3, -0.25) is 4.79 Å². The van der Waals surface area contributed by atoms with Gasteiger partial charge in [0, 0.05) is 44.5 Å². The Morgan fingerprint density at radius 1 is 0.946 bits per heavy atom. The molecule has 1 aliphatic heterocycles. The molecule has 198 valence electrons. The first-order valence-corrected chi connectivity index (χ1v) is 12.9. The summed E-state index contributed by atoms with van der Waals surface area (Å²) in [5.41, 5.74) is 7.57. The molecule has 1 saturated heterocycles. The lowest BCUT2D eigenvalue weighted by Gasteiger charge is -2.29. The minimum absolute atomic E-state index is 0.0349. The van der Waals surface area contributed by atoms with Crippen LogP contribution in [0, 0.1) is 20.8 Å². The predicted octanol–water partition coefficient (Wildman–Crippen LogP) is 4.63. The van der Waals surface area contributed by atoms with Crippen LogP contribution in [0.1, 0.15) is 38.4 Å². The maximum atomic E-state index is 13.9. The maximum absolute atomic E-state index is 13.9. The molecule has 1 amide bonds. The van der Waals surface area contributed by atoms with Gasteiger partial charge in [0.05, 0.1) is 33.1 Å². The summed E-state index contributed by atoms with van der Waals surface area (Å²) in [5, 5.41) is 0. The lowest BCUT2D eigenvalue weighted by molar-refractivity contribution is 0.0785. The molecule has 4 rings (SSSR count). The number of aromatic nitrogens is 1. The van der Waals surface area contributed by atoms with Crippen molar-refractivity contribution in [2.24, 2.45) is 0 Å². The highest BCUT2D eigenvalue weighted by molar-refractivity contribution is 5.96. The monoisotopic (exact) mass is 505 g/mol. The van der Waals surface area contributed by atoms with E-state index < -0.39 is 0 Å². The standard InChI is InChI=1S/C30H39N3O4/c1-21-7-9-25(10-8-21)20-33-23(3)28(32-15-17-37-18-16-32)22(2)29(33)30(34)31(4)14-13-24-11-12-26(35-5)27(19-24)36-6/h7-12,19H,13-18,20H2,1-6H3. The molecule has 0 bridgehead atoms. The Morgan fingerprint density at radius 3 is 2.24 bits per heavy atom. The number of benzene rings is 2. The fourth-order valence-electron chi connectivity index (χ4n) is 5.10. The number of anilines is 1. The van der Waals surface area contributed by atoms with Crippen molar-refractivity contribution in [2.45, 2.75) is 33.7 Å². The van der Waals surface area contributed by atoms with E-state index in [2.05, 4.69) is 54.5 Å². The van der Waals surface area contributed by atoms with Gasteiger partial charge in [-0.15, -0.1) is 0 Å². The molecule has 0 atom stereocenters. The van der Waals surface area contributed by atoms with Gasteiger partial charge in [0.2, 0.25) is 0 Å². The first-order chi connectivity index (χ1) is 17.8. The van der Waals surface area contributed by atoms with E-state index in [0.717, 1.165) is 47.7 Å². The third-order valence-corrected chi connectivity index (χ3v) is 7.25. The molecule has 3 aromatic rings. The third kappa shape index (κ3) is 5.77. The second-order valence-electron chi connectivity index (χ2n) is 9.74. The Hall–Kier alpha value is -3.45. The number of morpholine rings is 1. The number of ether oxygens (including phenoxy) is 3. The number of hydrogen-bond donors (Lipinski definition) is 0. The normalized spacial score (nSPS) is 13.5. The molecule has 1 aromatic heterocycles. The van der Waals surface area contributed by atoms with E-state index in [-0.39, 0.29) is 5.91 Å². The number of carbonyl (C=O) groups excluding carboxylic acids is 1. The van der Waals surface area contributed by atoms with Crippen LogP contribution in [-0.4, -0.2) is 69.5 Å². The molecular weight excluding hydrogens is 466 g/mol. The quantitative estimate of drug-likeness (QED) is 0.425. The Morgan fingerprint density at radius 2 is 1.59 bits per heavy atom. The molecule has 2 aromatic carbocycles. The van der Waals surface area contributed by atoms with Crippen LogP contribution < -0.4 is 14.4 Å². The van der Waals surface area contributed by atoms with Crippen LogP contribution in [0.15, 0.2) is 42.5 Å². The number of aryl methyl sites for hydroxylation is 1. The summed E-state index contributed by atoms with van der Waals surface area (Å²) in [6, 6.07) is 14.4. The molecular formula is C30H39N3O4. The lowest BCUT2D eigenvalue weighted by Crippen LogP contribution is -2.36. The van der Waals surface area contributed by atoms with E-state index in [1.165, 1.54) is 11.1 Å². The summed E-state index contributed by atoms with van der Waals surface area (Å²) in [5.74, 6) is 1.43. The van der Waals surface area contributed by atoms with Crippen LogP contribution in [0.3, 0.4) is 0 Å². The van der Waals surface area contributed by atoms with E-state index >= 15 is 0 Å². The van der Waals surface area contributed by atoms with E-state index in [1.54, 1.807) is 14.2 Å². The second-order valence-corrected chi connectivity index (χ2v) is 9.74. The molecule has 7 heteroatoms. The summed E-state index contributed by atoms with van der Waals surface area (Å²) < 4.78 is 18.6. The molecule has 37 heavy (non-hydrogen) atoms. The van der Waals surface area contributed by atoms with Crippen molar-refractivity contribution in [1.29, 1.82) is 0 Å². The maximum Gasteiger partial charge on any atom is 0.270 e. The van der Waals surface area contributed by atoms with Crippen LogP contribution in [0.2, 0.25) is 0 Å². The fourth-order valence-corrected chi connectivity index (χ4v) is 5.10. The molecule has 0 saturated carbocycles. The van der Waals surface area contributed by atoms with Gasteiger partial charge in [-0.05, 0) is 50.5 Å². The van der Waals surface area contributed by atoms with Gasteiger partial charge in [0.15, 0.2) is 11.5 Å². The first kappa shape index (κ1) is 26.6. The second kappa shape index (κ2) is 11.7. The van der Waals surface area contributed by atoms with Gasteiger partial charge in [-0.25, -0.2) is 0 Å². The number of amides is 1. The highest BCUT2D eigenvalue weighted by Crippen LogP contribution is 2.33. The van der Waals surface area contributed by atoms with Gasteiger partial charge in [-0.1, -0.05) is 35.9 Å². The Bertz CT molecular complexity index is 1230. The van der Waals surface area contributed by atoms with Crippen molar-refractivity contribution in [3.8, 4) is 11.5 Å². The van der Waals surface area contributed by atoms with Gasteiger partial charge in [0.25, 0.3) is 5.91 Å². The van der Waals surface area contributed by atoms with Crippen LogP contribution in [0.4, 0.5) is 5.69 Å². The van der Waals surface area contributed by atoms with Gasteiger partial charge in [-0.2, -0.15) is 0 Å². The number of rotatable bonds is 9. The largest absolute Gasteiger partial charge is 0.493 e. The molecule has 1 fully saturated rings. The summed E-state index contributed by atoms with van der Waals surface area (Å²) in [7, 11) is 5.15. The zero-order chi connectivity index (χ0) is 26.5. The first-order valence-electron chi connectivity index (χ1n) is 12.9. The minimum atomic E-state index is 0.0349. The number of hydrogen-bond acceptors (Lipinski definition) is 5. The summed E-state index contributed by atoms with van der Waals surface area (Å²) in [6.45, 7) is 10.6. The Labute approximate surface area is 220 Å². The Balaban J connectivity index is 1.62. The average molecular weight is 506 g/mol. The highest BCUT2D eigenvalue weighted by atomic mass is 16.5. The topological polar surface area (TPSA) is 56.2 Å². The zero-order valence-corrected chi connectivity index (χ0v) is 23.0. The van der Waals surface area contributed by atoms with Crippen molar-refractivity contribution in [3.05, 3.63) is 76.1 Å². The predicted molar refractivity (Wildman–Crippen MR) is 147 cm³/mol. The van der Waals surface area contributed by atoms with Crippen molar-refractivity contribution >= 4 is 11.6 Å². The van der Waals surface area contributed by atoms with Crippen LogP contribution >= 0.6 is 0 Å². The van der Waals surface area contributed by atoms with Crippen molar-refractivity contribution < 1.29 is 19.0 Å². The molecule has 7 nitrogen and oxygen atoms in total. The van der Waals surface area contributed by atoms with Crippen molar-refractivity contribution in [1.82, 2.24) is 9.47 Å². The summed E-state index contributed by atoms with van der Waals surface area (Å²) in [6.07, 6.45) is 0.718. The highest BCUT2D eigenvalue weighted by Gasteiger charge is 2.28. The van der Waals surface area contributed by atoms with E-state index in [4.69, 9.17) is 14.2 Å². The zero-order valence-electron chi connectivity index (χ0n) is 23.0. The SMILES string of the molecule is COc1ccc(CCN(C)C(=O)c2c(C)c(N3CCOCC3)c(C)n2Cc2ccc(C)cc2)cc1OC. The molecule has 2 heterocycles. The molecule has 0 radical (unpaired) electrons. The summed E-state index contributed by atoms with van der Waals surface area (Å²) >= 11 is 0. The van der Waals surface area contributed by atoms with Crippen LogP contribution in [0.25, 0.3) is 0 Å². The minimum Gasteiger partial charge on any atom is -0.493 e. The van der Waals surface area contributed by atoms with Crippen molar-refractivity contribution in [3.63, 3.8) is 0 Å². The smallest absolute Gasteiger partial charge is 0.270 e. The van der Waals surface area contributed by atoms with Crippen molar-refractivity contribution in [2.75, 3.05) is 59.0 Å². The third-order valence-electron chi connectivity index (χ3n) is 7.25. The van der Waals surface area contributed by atoms with Crippen LogP contribution in [-0.2, 0) is 17.7 Å². The molecule has 1 aliphatic rings. The molecule has 0 spiro atoms. The molecule has 0 unspecified atom stereocenters. The average Bonchev–Trinajstić information content (AvgIpc) is 3.16. The van der Waals surface area contributed by atoms with Gasteiger partial charge in [0.1, 0.15) is 5.69 Å². The van der Waals surface area contributed by atoms with E-state index in [9.17, 15) is 4.79 Å². The van der Waals surface area contributed by atoms with Gasteiger partial charge < -0.3 is 28.6 Å². The number of methoxy groups -OCH3 is 2. The summed E-state index contributed by atoms with van der Waals surface area (Å²) in [4.78, 5) is 18.1. The number of carbonyl (C=O) groups is 1. The Kier molecular flexibility index (Phi) is 8.44. The fraction of sp³-hybridized carbons (Fsp3) is 0.433. The molecule has 0 aliphatic carbocycles. The lowest BCUT2D eigenvalue weighted by atomic mass is 10.1.